The minimum atomic E-state index is 0.744. The van der Waals surface area contributed by atoms with Gasteiger partial charge in [0.2, 0.25) is 0 Å². The van der Waals surface area contributed by atoms with Gasteiger partial charge in [-0.1, -0.05) is 30.3 Å². The third-order valence-electron chi connectivity index (χ3n) is 3.51. The second kappa shape index (κ2) is 5.40. The highest BCUT2D eigenvalue weighted by Gasteiger charge is 2.08. The highest BCUT2D eigenvalue weighted by atomic mass is 15.1. The number of nitrogens with one attached hydrogen (secondary N) is 2. The van der Waals surface area contributed by atoms with E-state index in [1.165, 1.54) is 10.8 Å². The number of aryl methyl sites for hydroxylation is 1. The maximum Gasteiger partial charge on any atom is 0.139 e. The van der Waals surface area contributed by atoms with Crippen LogP contribution < -0.4 is 10.6 Å². The molecule has 106 valence electrons. The predicted octanol–water partition coefficient (Wildman–Crippen LogP) is 4.03. The number of fused-ring (bicyclic) bond motifs is 1. The number of benzene rings is 2. The van der Waals surface area contributed by atoms with E-state index in [9.17, 15) is 0 Å². The summed E-state index contributed by atoms with van der Waals surface area (Å²) < 4.78 is 0. The molecule has 0 saturated carbocycles. The largest absolute Gasteiger partial charge is 0.373 e. The molecule has 0 aliphatic heterocycles. The summed E-state index contributed by atoms with van der Waals surface area (Å²) in [6, 6.07) is 14.6. The quantitative estimate of drug-likeness (QED) is 0.759. The molecule has 0 spiro atoms. The third kappa shape index (κ3) is 2.65. The number of hydrogen-bond acceptors (Lipinski definition) is 4. The lowest BCUT2D eigenvalue weighted by Gasteiger charge is -2.13. The normalized spacial score (nSPS) is 10.6. The Hall–Kier alpha value is -2.62. The van der Waals surface area contributed by atoms with E-state index in [4.69, 9.17) is 0 Å². The van der Waals surface area contributed by atoms with Crippen LogP contribution in [-0.4, -0.2) is 17.0 Å². The Kier molecular flexibility index (Phi) is 3.44. The molecular formula is C17H18N4. The predicted molar refractivity (Wildman–Crippen MR) is 88.3 cm³/mol. The van der Waals surface area contributed by atoms with E-state index in [1.54, 1.807) is 0 Å². The molecule has 4 heteroatoms. The number of rotatable bonds is 3. The van der Waals surface area contributed by atoms with Crippen LogP contribution in [0.25, 0.3) is 10.8 Å². The molecule has 3 aromatic rings. The van der Waals surface area contributed by atoms with Crippen LogP contribution in [0.5, 0.6) is 0 Å². The van der Waals surface area contributed by atoms with Crippen molar-refractivity contribution in [3.8, 4) is 0 Å². The Labute approximate surface area is 124 Å². The first-order valence-corrected chi connectivity index (χ1v) is 6.96. The average Bonchev–Trinajstić information content (AvgIpc) is 2.50. The van der Waals surface area contributed by atoms with E-state index < -0.39 is 0 Å². The zero-order valence-corrected chi connectivity index (χ0v) is 12.4. The van der Waals surface area contributed by atoms with Crippen LogP contribution >= 0.6 is 0 Å². The Morgan fingerprint density at radius 3 is 2.33 bits per heavy atom. The van der Waals surface area contributed by atoms with Crippen molar-refractivity contribution in [2.45, 2.75) is 13.8 Å². The fourth-order valence-electron chi connectivity index (χ4n) is 2.40. The van der Waals surface area contributed by atoms with Crippen LogP contribution in [0.4, 0.5) is 17.3 Å². The van der Waals surface area contributed by atoms with Crippen LogP contribution in [0, 0.1) is 13.8 Å². The number of aromatic nitrogens is 2. The van der Waals surface area contributed by atoms with Crippen molar-refractivity contribution in [3.05, 3.63) is 53.9 Å². The fourth-order valence-corrected chi connectivity index (χ4v) is 2.40. The van der Waals surface area contributed by atoms with Crippen molar-refractivity contribution in [1.82, 2.24) is 9.97 Å². The molecule has 0 radical (unpaired) electrons. The van der Waals surface area contributed by atoms with Gasteiger partial charge in [0.25, 0.3) is 0 Å². The molecule has 0 atom stereocenters. The topological polar surface area (TPSA) is 49.8 Å². The summed E-state index contributed by atoms with van der Waals surface area (Å²) in [4.78, 5) is 8.88. The molecule has 1 aromatic heterocycles. The van der Waals surface area contributed by atoms with E-state index in [0.29, 0.717) is 0 Å². The smallest absolute Gasteiger partial charge is 0.139 e. The highest BCUT2D eigenvalue weighted by molar-refractivity contribution is 5.86. The van der Waals surface area contributed by atoms with Crippen LogP contribution in [0.2, 0.25) is 0 Å². The molecule has 0 bridgehead atoms. The zero-order chi connectivity index (χ0) is 14.8. The third-order valence-corrected chi connectivity index (χ3v) is 3.51. The standard InChI is InChI=1S/C17H18N4/c1-11-16(18-3)19-12(2)20-17(11)21-15-9-8-13-6-4-5-7-14(13)10-15/h4-10H,1-3H3,(H2,18,19,20,21). The van der Waals surface area contributed by atoms with Gasteiger partial charge in [-0.05, 0) is 36.8 Å². The monoisotopic (exact) mass is 278 g/mol. The number of nitrogens with zero attached hydrogens (tertiary/aromatic N) is 2. The van der Waals surface area contributed by atoms with E-state index in [2.05, 4.69) is 50.9 Å². The SMILES string of the molecule is CNc1nc(C)nc(Nc2ccc3ccccc3c2)c1C. The van der Waals surface area contributed by atoms with E-state index >= 15 is 0 Å². The van der Waals surface area contributed by atoms with Gasteiger partial charge < -0.3 is 10.6 Å². The highest BCUT2D eigenvalue weighted by Crippen LogP contribution is 2.25. The first-order valence-electron chi connectivity index (χ1n) is 6.96. The van der Waals surface area contributed by atoms with Crippen molar-refractivity contribution >= 4 is 28.1 Å². The maximum absolute atomic E-state index is 4.49. The lowest BCUT2D eigenvalue weighted by Crippen LogP contribution is -2.05. The van der Waals surface area contributed by atoms with Crippen LogP contribution in [-0.2, 0) is 0 Å². The second-order valence-electron chi connectivity index (χ2n) is 5.03. The van der Waals surface area contributed by atoms with Gasteiger partial charge in [0.05, 0.1) is 0 Å². The van der Waals surface area contributed by atoms with Crippen LogP contribution in [0.15, 0.2) is 42.5 Å². The second-order valence-corrected chi connectivity index (χ2v) is 5.03. The first-order chi connectivity index (χ1) is 10.2. The molecule has 0 saturated heterocycles. The maximum atomic E-state index is 4.49. The van der Waals surface area contributed by atoms with Gasteiger partial charge in [0.15, 0.2) is 0 Å². The zero-order valence-electron chi connectivity index (χ0n) is 12.4. The number of hydrogen-bond donors (Lipinski definition) is 2. The summed E-state index contributed by atoms with van der Waals surface area (Å²) in [5.74, 6) is 2.43. The van der Waals surface area contributed by atoms with Gasteiger partial charge in [0, 0.05) is 18.3 Å². The Morgan fingerprint density at radius 2 is 1.57 bits per heavy atom. The van der Waals surface area contributed by atoms with Crippen molar-refractivity contribution in [3.63, 3.8) is 0 Å². The van der Waals surface area contributed by atoms with Gasteiger partial charge in [-0.25, -0.2) is 9.97 Å². The van der Waals surface area contributed by atoms with Crippen LogP contribution in [0.1, 0.15) is 11.4 Å². The first kappa shape index (κ1) is 13.4. The molecule has 21 heavy (non-hydrogen) atoms. The molecule has 2 N–H and O–H groups in total. The molecule has 0 unspecified atom stereocenters. The summed E-state index contributed by atoms with van der Waals surface area (Å²) in [7, 11) is 1.87. The summed E-state index contributed by atoms with van der Waals surface area (Å²) in [5, 5.41) is 8.93. The molecular weight excluding hydrogens is 260 g/mol. The Bertz CT molecular complexity index is 796. The van der Waals surface area contributed by atoms with Crippen molar-refractivity contribution in [1.29, 1.82) is 0 Å². The molecule has 1 heterocycles. The van der Waals surface area contributed by atoms with E-state index in [0.717, 1.165) is 28.7 Å². The van der Waals surface area contributed by atoms with Crippen LogP contribution in [0.3, 0.4) is 0 Å². The summed E-state index contributed by atoms with van der Waals surface area (Å²) in [6.45, 7) is 3.90. The Morgan fingerprint density at radius 1 is 0.857 bits per heavy atom. The van der Waals surface area contributed by atoms with Gasteiger partial charge in [-0.2, -0.15) is 0 Å². The number of anilines is 3. The summed E-state index contributed by atoms with van der Waals surface area (Å²) >= 11 is 0. The van der Waals surface area contributed by atoms with Crippen molar-refractivity contribution in [2.75, 3.05) is 17.7 Å². The molecule has 4 nitrogen and oxygen atoms in total. The minimum absolute atomic E-state index is 0.744. The summed E-state index contributed by atoms with van der Waals surface area (Å²) in [6.07, 6.45) is 0. The molecule has 0 fully saturated rings. The molecule has 2 aromatic carbocycles. The van der Waals surface area contributed by atoms with E-state index in [1.807, 2.05) is 33.0 Å². The average molecular weight is 278 g/mol. The van der Waals surface area contributed by atoms with Gasteiger partial charge in [-0.15, -0.1) is 0 Å². The van der Waals surface area contributed by atoms with Crippen molar-refractivity contribution < 1.29 is 0 Å². The Balaban J connectivity index is 2.00. The summed E-state index contributed by atoms with van der Waals surface area (Å²) in [5.41, 5.74) is 2.04. The van der Waals surface area contributed by atoms with Gasteiger partial charge in [0.1, 0.15) is 17.5 Å². The molecule has 0 amide bonds. The van der Waals surface area contributed by atoms with E-state index in [-0.39, 0.29) is 0 Å². The fraction of sp³-hybridized carbons (Fsp3) is 0.176. The van der Waals surface area contributed by atoms with Gasteiger partial charge >= 0.3 is 0 Å². The lowest BCUT2D eigenvalue weighted by atomic mass is 10.1. The van der Waals surface area contributed by atoms with Gasteiger partial charge in [-0.3, -0.25) is 0 Å². The molecule has 0 aliphatic carbocycles. The minimum Gasteiger partial charge on any atom is -0.373 e. The molecule has 3 rings (SSSR count). The lowest BCUT2D eigenvalue weighted by molar-refractivity contribution is 1.04. The van der Waals surface area contributed by atoms with Crippen molar-refractivity contribution in [2.24, 2.45) is 0 Å². The molecule has 0 aliphatic rings.